The summed E-state index contributed by atoms with van der Waals surface area (Å²) in [5.41, 5.74) is 0.774. The van der Waals surface area contributed by atoms with Gasteiger partial charge in [0.1, 0.15) is 18.2 Å². The van der Waals surface area contributed by atoms with Crippen LogP contribution in [0.4, 0.5) is 15.8 Å². The van der Waals surface area contributed by atoms with Crippen molar-refractivity contribution < 1.29 is 18.8 Å². The number of nitro benzene ring substituents is 1. The van der Waals surface area contributed by atoms with Crippen molar-refractivity contribution in [2.45, 2.75) is 6.61 Å². The van der Waals surface area contributed by atoms with Crippen LogP contribution in [0.3, 0.4) is 0 Å². The van der Waals surface area contributed by atoms with Crippen LogP contribution in [0, 0.1) is 15.9 Å². The number of aromatic nitrogens is 1. The molecule has 8 nitrogen and oxygen atoms in total. The maximum absolute atomic E-state index is 13.3. The van der Waals surface area contributed by atoms with E-state index in [9.17, 15) is 24.1 Å². The third-order valence-corrected chi connectivity index (χ3v) is 4.67. The van der Waals surface area contributed by atoms with Gasteiger partial charge in [-0.05, 0) is 35.9 Å². The highest BCUT2D eigenvalue weighted by atomic mass is 19.1. The molecule has 0 spiro atoms. The lowest BCUT2D eigenvalue weighted by molar-refractivity contribution is -0.384. The van der Waals surface area contributed by atoms with Crippen LogP contribution in [0.2, 0.25) is 0 Å². The Bertz CT molecular complexity index is 1400. The largest absolute Gasteiger partial charge is 0.489 e. The molecule has 32 heavy (non-hydrogen) atoms. The second-order valence-corrected chi connectivity index (χ2v) is 6.93. The van der Waals surface area contributed by atoms with Gasteiger partial charge in [-0.3, -0.25) is 19.7 Å². The quantitative estimate of drug-likeness (QED) is 0.345. The first-order chi connectivity index (χ1) is 15.4. The third-order valence-electron chi connectivity index (χ3n) is 4.67. The zero-order chi connectivity index (χ0) is 22.7. The topological polar surface area (TPSA) is 114 Å². The summed E-state index contributed by atoms with van der Waals surface area (Å²) < 4.78 is 18.8. The van der Waals surface area contributed by atoms with Crippen LogP contribution in [-0.2, 0) is 6.61 Å². The minimum absolute atomic E-state index is 0.00821. The number of pyridine rings is 1. The summed E-state index contributed by atoms with van der Waals surface area (Å²) in [5, 5.41) is 14.1. The summed E-state index contributed by atoms with van der Waals surface area (Å²) >= 11 is 0. The molecule has 1 aromatic heterocycles. The number of non-ortho nitro benzene ring substituents is 1. The summed E-state index contributed by atoms with van der Waals surface area (Å²) in [5.74, 6) is -0.630. The molecular formula is C23H16FN3O5. The van der Waals surface area contributed by atoms with Crippen molar-refractivity contribution in [3.8, 4) is 5.75 Å². The minimum Gasteiger partial charge on any atom is -0.489 e. The molecule has 1 amide bonds. The van der Waals surface area contributed by atoms with Crippen molar-refractivity contribution in [1.29, 1.82) is 0 Å². The van der Waals surface area contributed by atoms with Gasteiger partial charge >= 0.3 is 0 Å². The SMILES string of the molecule is O=C(Nc1cccc(COc2cccc(F)c2)c1)c1cc(=O)[nH]c2ccc([N+](=O)[O-])cc12. The van der Waals surface area contributed by atoms with Gasteiger partial charge in [-0.25, -0.2) is 4.39 Å². The number of anilines is 1. The molecule has 0 aliphatic rings. The molecule has 3 aromatic carbocycles. The van der Waals surface area contributed by atoms with Crippen molar-refractivity contribution in [3.05, 3.63) is 110 Å². The lowest BCUT2D eigenvalue weighted by Crippen LogP contribution is -2.17. The smallest absolute Gasteiger partial charge is 0.270 e. The Labute approximate surface area is 180 Å². The van der Waals surface area contributed by atoms with E-state index in [0.717, 1.165) is 11.6 Å². The van der Waals surface area contributed by atoms with Crippen molar-refractivity contribution in [3.63, 3.8) is 0 Å². The van der Waals surface area contributed by atoms with Crippen LogP contribution in [-0.4, -0.2) is 15.8 Å². The highest BCUT2D eigenvalue weighted by Crippen LogP contribution is 2.23. The lowest BCUT2D eigenvalue weighted by Gasteiger charge is -2.10. The maximum Gasteiger partial charge on any atom is 0.270 e. The number of H-pyrrole nitrogens is 1. The van der Waals surface area contributed by atoms with Crippen LogP contribution in [0.25, 0.3) is 10.9 Å². The molecule has 0 bridgehead atoms. The number of hydrogen-bond donors (Lipinski definition) is 2. The number of amides is 1. The van der Waals surface area contributed by atoms with Gasteiger partial charge in [-0.1, -0.05) is 18.2 Å². The summed E-state index contributed by atoms with van der Waals surface area (Å²) in [6.07, 6.45) is 0. The first-order valence-corrected chi connectivity index (χ1v) is 9.49. The average molecular weight is 433 g/mol. The highest BCUT2D eigenvalue weighted by molar-refractivity contribution is 6.12. The van der Waals surface area contributed by atoms with Gasteiger partial charge < -0.3 is 15.0 Å². The van der Waals surface area contributed by atoms with E-state index in [4.69, 9.17) is 4.74 Å². The number of rotatable bonds is 6. The van der Waals surface area contributed by atoms with Crippen LogP contribution in [0.1, 0.15) is 15.9 Å². The van der Waals surface area contributed by atoms with Crippen molar-refractivity contribution in [2.75, 3.05) is 5.32 Å². The van der Waals surface area contributed by atoms with Crippen molar-refractivity contribution in [1.82, 2.24) is 4.98 Å². The lowest BCUT2D eigenvalue weighted by atomic mass is 10.1. The second kappa shape index (κ2) is 8.68. The molecule has 160 valence electrons. The van der Waals surface area contributed by atoms with E-state index in [1.807, 2.05) is 0 Å². The van der Waals surface area contributed by atoms with E-state index < -0.39 is 22.2 Å². The van der Waals surface area contributed by atoms with Gasteiger partial charge in [0, 0.05) is 40.9 Å². The molecule has 0 atom stereocenters. The molecule has 0 fully saturated rings. The molecule has 0 aliphatic carbocycles. The van der Waals surface area contributed by atoms with Crippen LogP contribution < -0.4 is 15.6 Å². The Morgan fingerprint density at radius 3 is 2.66 bits per heavy atom. The van der Waals surface area contributed by atoms with Gasteiger partial charge in [0.25, 0.3) is 11.6 Å². The van der Waals surface area contributed by atoms with Crippen molar-refractivity contribution >= 4 is 28.2 Å². The Morgan fingerprint density at radius 2 is 1.88 bits per heavy atom. The molecule has 1 heterocycles. The molecule has 0 saturated heterocycles. The van der Waals surface area contributed by atoms with E-state index in [1.165, 1.54) is 36.4 Å². The zero-order valence-electron chi connectivity index (χ0n) is 16.5. The van der Waals surface area contributed by atoms with E-state index in [0.29, 0.717) is 17.0 Å². The predicted molar refractivity (Wildman–Crippen MR) is 116 cm³/mol. The van der Waals surface area contributed by atoms with E-state index >= 15 is 0 Å². The number of fused-ring (bicyclic) bond motifs is 1. The van der Waals surface area contributed by atoms with Crippen LogP contribution in [0.15, 0.2) is 77.6 Å². The third kappa shape index (κ3) is 4.62. The van der Waals surface area contributed by atoms with E-state index in [-0.39, 0.29) is 23.2 Å². The monoisotopic (exact) mass is 433 g/mol. The molecule has 0 saturated carbocycles. The predicted octanol–water partition coefficient (Wildman–Crippen LogP) is 4.41. The first kappa shape index (κ1) is 20.7. The molecule has 4 aromatic rings. The number of ether oxygens (including phenoxy) is 1. The summed E-state index contributed by atoms with van der Waals surface area (Å²) in [6, 6.07) is 17.5. The number of hydrogen-bond acceptors (Lipinski definition) is 5. The normalized spacial score (nSPS) is 10.7. The minimum atomic E-state index is -0.593. The van der Waals surface area contributed by atoms with Gasteiger partial charge in [0.2, 0.25) is 5.56 Å². The number of carbonyl (C=O) groups excluding carboxylic acids is 1. The fourth-order valence-electron chi connectivity index (χ4n) is 3.20. The fourth-order valence-corrected chi connectivity index (χ4v) is 3.20. The molecule has 0 radical (unpaired) electrons. The first-order valence-electron chi connectivity index (χ1n) is 9.49. The molecule has 4 rings (SSSR count). The van der Waals surface area contributed by atoms with E-state index in [1.54, 1.807) is 30.3 Å². The summed E-state index contributed by atoms with van der Waals surface area (Å²) in [4.78, 5) is 37.9. The van der Waals surface area contributed by atoms with Gasteiger partial charge in [-0.15, -0.1) is 0 Å². The Balaban J connectivity index is 1.57. The number of halogens is 1. The van der Waals surface area contributed by atoms with Gasteiger partial charge in [-0.2, -0.15) is 0 Å². The van der Waals surface area contributed by atoms with Crippen LogP contribution >= 0.6 is 0 Å². The maximum atomic E-state index is 13.3. The van der Waals surface area contributed by atoms with Gasteiger partial charge in [0.15, 0.2) is 0 Å². The average Bonchev–Trinajstić information content (AvgIpc) is 2.77. The summed E-state index contributed by atoms with van der Waals surface area (Å²) in [7, 11) is 0. The number of nitro groups is 1. The van der Waals surface area contributed by atoms with Crippen molar-refractivity contribution in [2.24, 2.45) is 0 Å². The molecule has 0 unspecified atom stereocenters. The zero-order valence-corrected chi connectivity index (χ0v) is 16.5. The Hall–Kier alpha value is -4.53. The standard InChI is InChI=1S/C23H16FN3O5/c24-15-4-2-6-18(10-15)32-13-14-3-1-5-16(9-14)25-23(29)20-12-22(28)26-21-8-7-17(27(30)31)11-19(20)21/h1-12H,13H2,(H,25,29)(H,26,28). The molecule has 9 heteroatoms. The highest BCUT2D eigenvalue weighted by Gasteiger charge is 2.16. The number of benzene rings is 3. The Kier molecular flexibility index (Phi) is 5.63. The van der Waals surface area contributed by atoms with Gasteiger partial charge in [0.05, 0.1) is 10.5 Å². The number of aromatic amines is 1. The second-order valence-electron chi connectivity index (χ2n) is 6.93. The number of nitrogens with one attached hydrogen (secondary N) is 2. The molecule has 2 N–H and O–H groups in total. The fraction of sp³-hybridized carbons (Fsp3) is 0.0435. The molecule has 0 aliphatic heterocycles. The van der Waals surface area contributed by atoms with E-state index in [2.05, 4.69) is 10.3 Å². The molecular weight excluding hydrogens is 417 g/mol. The summed E-state index contributed by atoms with van der Waals surface area (Å²) in [6.45, 7) is 0.146. The van der Waals surface area contributed by atoms with Crippen LogP contribution in [0.5, 0.6) is 5.75 Å². The number of carbonyl (C=O) groups is 1. The Morgan fingerprint density at radius 1 is 1.06 bits per heavy atom. The number of nitrogens with zero attached hydrogens (tertiary/aromatic N) is 1.